The average molecular weight is 421 g/mol. The van der Waals surface area contributed by atoms with Crippen molar-refractivity contribution >= 4 is 18.4 Å². The van der Waals surface area contributed by atoms with Gasteiger partial charge in [-0.1, -0.05) is 42.5 Å². The summed E-state index contributed by atoms with van der Waals surface area (Å²) in [7, 11) is 0. The molecule has 0 aliphatic carbocycles. The van der Waals surface area contributed by atoms with Crippen LogP contribution in [-0.2, 0) is 13.0 Å². The van der Waals surface area contributed by atoms with Crippen LogP contribution in [0.4, 0.5) is 4.39 Å². The van der Waals surface area contributed by atoms with Gasteiger partial charge in [0.05, 0.1) is 18.5 Å². The lowest BCUT2D eigenvalue weighted by Gasteiger charge is -2.04. The smallest absolute Gasteiger partial charge is 0.216 e. The Kier molecular flexibility index (Phi) is 5.67. The van der Waals surface area contributed by atoms with Crippen molar-refractivity contribution < 1.29 is 4.39 Å². The second kappa shape index (κ2) is 8.54. The van der Waals surface area contributed by atoms with Gasteiger partial charge in [0, 0.05) is 17.7 Å². The third-order valence-corrected chi connectivity index (χ3v) is 5.17. The van der Waals surface area contributed by atoms with Crippen LogP contribution in [0, 0.1) is 24.4 Å². The van der Waals surface area contributed by atoms with Gasteiger partial charge >= 0.3 is 0 Å². The molecule has 4 aromatic rings. The number of benzene rings is 2. The molecule has 0 spiro atoms. The minimum absolute atomic E-state index is 0.269. The Hall–Kier alpha value is -3.39. The van der Waals surface area contributed by atoms with Crippen LogP contribution in [0.25, 0.3) is 0 Å². The van der Waals surface area contributed by atoms with E-state index in [1.54, 1.807) is 23.0 Å². The van der Waals surface area contributed by atoms with Crippen LogP contribution in [0.3, 0.4) is 0 Å². The first-order valence-corrected chi connectivity index (χ1v) is 9.95. The highest BCUT2D eigenvalue weighted by Crippen LogP contribution is 2.14. The van der Waals surface area contributed by atoms with Crippen LogP contribution in [0.2, 0.25) is 0 Å². The third kappa shape index (κ3) is 4.28. The summed E-state index contributed by atoms with van der Waals surface area (Å²) in [6.07, 6.45) is 2.24. The highest BCUT2D eigenvalue weighted by Gasteiger charge is 2.11. The molecular weight excluding hydrogens is 399 g/mol. The molecule has 0 aliphatic rings. The van der Waals surface area contributed by atoms with Crippen LogP contribution in [0.5, 0.6) is 0 Å². The summed E-state index contributed by atoms with van der Waals surface area (Å²) in [6.45, 7) is 4.69. The number of nitrogens with zero attached hydrogens (tertiary/aromatic N) is 5. The lowest BCUT2D eigenvalue weighted by atomic mass is 10.1. The van der Waals surface area contributed by atoms with Crippen LogP contribution in [-0.4, -0.2) is 30.9 Å². The topological polar surface area (TPSA) is 63.8 Å². The van der Waals surface area contributed by atoms with Gasteiger partial charge in [-0.15, -0.1) is 0 Å². The second-order valence-corrected chi connectivity index (χ2v) is 7.42. The molecule has 0 saturated heterocycles. The lowest BCUT2D eigenvalue weighted by Crippen LogP contribution is -2.04. The molecule has 0 radical (unpaired) electrons. The molecule has 2 heterocycles. The van der Waals surface area contributed by atoms with Gasteiger partial charge < -0.3 is 0 Å². The number of aromatic nitrogens is 5. The van der Waals surface area contributed by atoms with Crippen molar-refractivity contribution in [1.29, 1.82) is 0 Å². The first-order chi connectivity index (χ1) is 14.5. The minimum Gasteiger partial charge on any atom is -0.265 e. The van der Waals surface area contributed by atoms with Gasteiger partial charge in [0.15, 0.2) is 5.82 Å². The van der Waals surface area contributed by atoms with Crippen LogP contribution >= 0.6 is 12.2 Å². The zero-order valence-electron chi connectivity index (χ0n) is 16.7. The zero-order chi connectivity index (χ0) is 21.1. The summed E-state index contributed by atoms with van der Waals surface area (Å²) in [5.74, 6) is 0.379. The molecule has 0 fully saturated rings. The summed E-state index contributed by atoms with van der Waals surface area (Å²) in [4.78, 5) is 0. The fourth-order valence-corrected chi connectivity index (χ4v) is 3.46. The molecule has 0 amide bonds. The zero-order valence-corrected chi connectivity index (χ0v) is 17.5. The fourth-order valence-electron chi connectivity index (χ4n) is 3.27. The van der Waals surface area contributed by atoms with Crippen molar-refractivity contribution in [2.75, 3.05) is 0 Å². The Balaban J connectivity index is 1.59. The molecule has 0 aliphatic heterocycles. The molecule has 0 saturated carbocycles. The largest absolute Gasteiger partial charge is 0.265 e. The number of H-pyrrole nitrogens is 1. The van der Waals surface area contributed by atoms with Gasteiger partial charge in [0.25, 0.3) is 0 Å². The van der Waals surface area contributed by atoms with Crippen molar-refractivity contribution in [3.05, 3.63) is 99.1 Å². The number of halogens is 1. The molecule has 0 atom stereocenters. The maximum Gasteiger partial charge on any atom is 0.216 e. The lowest BCUT2D eigenvalue weighted by molar-refractivity contribution is 0.627. The van der Waals surface area contributed by atoms with Crippen molar-refractivity contribution in [2.45, 2.75) is 26.8 Å². The molecule has 152 valence electrons. The molecule has 0 unspecified atom stereocenters. The maximum absolute atomic E-state index is 13.2. The number of hydrogen-bond donors (Lipinski definition) is 1. The van der Waals surface area contributed by atoms with Crippen molar-refractivity contribution in [2.24, 2.45) is 5.10 Å². The number of aryl methyl sites for hydroxylation is 1. The number of rotatable bonds is 6. The van der Waals surface area contributed by atoms with Crippen molar-refractivity contribution in [1.82, 2.24) is 24.7 Å². The van der Waals surface area contributed by atoms with Gasteiger partial charge in [0.2, 0.25) is 4.77 Å². The number of aromatic amines is 1. The second-order valence-electron chi connectivity index (χ2n) is 7.03. The Morgan fingerprint density at radius 3 is 2.53 bits per heavy atom. The molecule has 2 aromatic carbocycles. The predicted molar refractivity (Wildman–Crippen MR) is 117 cm³/mol. The molecular formula is C22H21FN6S. The highest BCUT2D eigenvalue weighted by molar-refractivity contribution is 7.71. The van der Waals surface area contributed by atoms with Gasteiger partial charge in [-0.05, 0) is 49.3 Å². The Morgan fingerprint density at radius 2 is 1.80 bits per heavy atom. The number of nitrogens with one attached hydrogen (secondary N) is 1. The Bertz CT molecular complexity index is 1240. The van der Waals surface area contributed by atoms with E-state index in [2.05, 4.69) is 32.5 Å². The summed E-state index contributed by atoms with van der Waals surface area (Å²) in [5, 5.41) is 16.3. The van der Waals surface area contributed by atoms with Gasteiger partial charge in [-0.3, -0.25) is 9.78 Å². The Labute approximate surface area is 178 Å². The quantitative estimate of drug-likeness (QED) is 0.371. The van der Waals surface area contributed by atoms with Crippen molar-refractivity contribution in [3.8, 4) is 0 Å². The van der Waals surface area contributed by atoms with Gasteiger partial charge in [-0.2, -0.15) is 20.0 Å². The van der Waals surface area contributed by atoms with Crippen molar-refractivity contribution in [3.63, 3.8) is 0 Å². The number of hydrogen-bond acceptors (Lipinski definition) is 4. The van der Waals surface area contributed by atoms with Crippen LogP contribution in [0.1, 0.15) is 33.9 Å². The van der Waals surface area contributed by atoms with E-state index < -0.39 is 0 Å². The van der Waals surface area contributed by atoms with Crippen LogP contribution < -0.4 is 0 Å². The SMILES string of the molecule is Cc1nn(Cc2ccccc2)c(C)c1C=Nn1c(Cc2ccc(F)cc2)n[nH]c1=S. The molecule has 6 nitrogen and oxygen atoms in total. The Morgan fingerprint density at radius 1 is 1.07 bits per heavy atom. The molecule has 2 aromatic heterocycles. The van der Waals surface area contributed by atoms with E-state index in [4.69, 9.17) is 12.2 Å². The monoisotopic (exact) mass is 420 g/mol. The first-order valence-electron chi connectivity index (χ1n) is 9.54. The van der Waals surface area contributed by atoms with E-state index in [9.17, 15) is 4.39 Å². The average Bonchev–Trinajstić information content (AvgIpc) is 3.22. The van der Waals surface area contributed by atoms with E-state index in [1.807, 2.05) is 36.7 Å². The van der Waals surface area contributed by atoms with Gasteiger partial charge in [0.1, 0.15) is 5.82 Å². The molecule has 30 heavy (non-hydrogen) atoms. The summed E-state index contributed by atoms with van der Waals surface area (Å²) < 4.78 is 17.1. The van der Waals surface area contributed by atoms with E-state index >= 15 is 0 Å². The molecule has 0 bridgehead atoms. The summed E-state index contributed by atoms with van der Waals surface area (Å²) >= 11 is 5.33. The van der Waals surface area contributed by atoms with Crippen LogP contribution in [0.15, 0.2) is 59.7 Å². The third-order valence-electron chi connectivity index (χ3n) is 4.91. The molecule has 1 N–H and O–H groups in total. The highest BCUT2D eigenvalue weighted by atomic mass is 32.1. The van der Waals surface area contributed by atoms with E-state index in [1.165, 1.54) is 17.7 Å². The maximum atomic E-state index is 13.2. The molecule has 8 heteroatoms. The summed E-state index contributed by atoms with van der Waals surface area (Å²) in [6, 6.07) is 16.5. The summed E-state index contributed by atoms with van der Waals surface area (Å²) in [5.41, 5.74) is 4.97. The fraction of sp³-hybridized carbons (Fsp3) is 0.182. The normalized spacial score (nSPS) is 11.4. The predicted octanol–water partition coefficient (Wildman–Crippen LogP) is 4.41. The minimum atomic E-state index is -0.269. The van der Waals surface area contributed by atoms with E-state index in [-0.39, 0.29) is 5.82 Å². The van der Waals surface area contributed by atoms with Gasteiger partial charge in [-0.25, -0.2) is 4.39 Å². The first kappa shape index (κ1) is 19.9. The van der Waals surface area contributed by atoms with E-state index in [0.717, 1.165) is 22.5 Å². The molecule has 4 rings (SSSR count). The van der Waals surface area contributed by atoms with E-state index in [0.29, 0.717) is 23.6 Å². The standard InChI is InChI=1S/C22H21FN6S/c1-15-20(16(2)28(27-15)14-18-6-4-3-5-7-18)13-24-29-21(25-26-22(29)30)12-17-8-10-19(23)11-9-17/h3-11,13H,12,14H2,1-2H3,(H,26,30).